The third-order valence-electron chi connectivity index (χ3n) is 3.99. The van der Waals surface area contributed by atoms with E-state index in [9.17, 15) is 0 Å². The highest BCUT2D eigenvalue weighted by molar-refractivity contribution is 5.86. The number of hydrogen-bond acceptors (Lipinski definition) is 3. The quantitative estimate of drug-likeness (QED) is 0.780. The van der Waals surface area contributed by atoms with Crippen LogP contribution in [0.15, 0.2) is 47.8 Å². The number of nitrogens with one attached hydrogen (secondary N) is 1. The lowest BCUT2D eigenvalue weighted by Gasteiger charge is -2.23. The Balaban J connectivity index is 1.72. The maximum Gasteiger partial charge on any atom is 0.137 e. The number of aromatic amines is 1. The van der Waals surface area contributed by atoms with E-state index < -0.39 is 0 Å². The highest BCUT2D eigenvalue weighted by Gasteiger charge is 2.30. The van der Waals surface area contributed by atoms with Crippen molar-refractivity contribution in [2.75, 3.05) is 5.01 Å². The molecular weight excluding hydrogens is 260 g/mol. The van der Waals surface area contributed by atoms with Gasteiger partial charge in [0.05, 0.1) is 6.04 Å². The Hall–Kier alpha value is -2.80. The molecular formula is C17H14N4. The monoisotopic (exact) mass is 274 g/mol. The molecule has 0 radical (unpaired) electrons. The first-order valence-electron chi connectivity index (χ1n) is 6.98. The van der Waals surface area contributed by atoms with Gasteiger partial charge in [0.2, 0.25) is 0 Å². The maximum absolute atomic E-state index is 4.56. The van der Waals surface area contributed by atoms with Crippen LogP contribution in [0.5, 0.6) is 0 Å². The van der Waals surface area contributed by atoms with Gasteiger partial charge in [0.1, 0.15) is 11.3 Å². The van der Waals surface area contributed by atoms with E-state index in [4.69, 9.17) is 0 Å². The largest absolute Gasteiger partial charge is 0.346 e. The van der Waals surface area contributed by atoms with E-state index in [2.05, 4.69) is 46.3 Å². The third-order valence-corrected chi connectivity index (χ3v) is 3.99. The van der Waals surface area contributed by atoms with Crippen molar-refractivity contribution in [3.8, 4) is 0 Å². The van der Waals surface area contributed by atoms with Crippen molar-refractivity contribution in [3.05, 3.63) is 60.4 Å². The first-order valence-corrected chi connectivity index (χ1v) is 6.98. The third kappa shape index (κ3) is 1.86. The molecule has 1 aromatic carbocycles. The molecule has 0 amide bonds. The summed E-state index contributed by atoms with van der Waals surface area (Å²) in [5, 5.41) is 7.72. The number of H-pyrrole nitrogens is 1. The van der Waals surface area contributed by atoms with Gasteiger partial charge in [-0.15, -0.1) is 0 Å². The molecule has 0 saturated heterocycles. The Kier molecular flexibility index (Phi) is 2.65. The van der Waals surface area contributed by atoms with Gasteiger partial charge in [-0.1, -0.05) is 12.1 Å². The molecule has 4 heteroatoms. The van der Waals surface area contributed by atoms with Crippen molar-refractivity contribution in [2.45, 2.75) is 18.9 Å². The lowest BCUT2D eigenvalue weighted by atomic mass is 9.93. The average molecular weight is 274 g/mol. The minimum Gasteiger partial charge on any atom is -0.346 e. The summed E-state index contributed by atoms with van der Waals surface area (Å²) in [6.07, 6.45) is 5.78. The predicted molar refractivity (Wildman–Crippen MR) is 83.4 cm³/mol. The van der Waals surface area contributed by atoms with Crippen LogP contribution in [0.1, 0.15) is 18.4 Å². The molecule has 3 aromatic rings. The lowest BCUT2D eigenvalue weighted by molar-refractivity contribution is 0.668. The second-order valence-electron chi connectivity index (χ2n) is 5.20. The van der Waals surface area contributed by atoms with Crippen LogP contribution in [0.2, 0.25) is 0 Å². The highest BCUT2D eigenvalue weighted by Crippen LogP contribution is 2.33. The van der Waals surface area contributed by atoms with Crippen molar-refractivity contribution < 1.29 is 0 Å². The van der Waals surface area contributed by atoms with Crippen molar-refractivity contribution in [1.82, 2.24) is 9.97 Å². The van der Waals surface area contributed by atoms with E-state index >= 15 is 0 Å². The molecule has 2 atom stereocenters. The average Bonchev–Trinajstić information content (AvgIpc) is 3.14. The van der Waals surface area contributed by atoms with Gasteiger partial charge in [-0.3, -0.25) is 5.01 Å². The summed E-state index contributed by atoms with van der Waals surface area (Å²) in [4.78, 5) is 7.51. The fourth-order valence-corrected chi connectivity index (χ4v) is 2.90. The molecule has 2 unspecified atom stereocenters. The molecule has 0 fully saturated rings. The van der Waals surface area contributed by atoms with E-state index in [1.54, 1.807) is 0 Å². The number of pyridine rings is 1. The van der Waals surface area contributed by atoms with Crippen molar-refractivity contribution in [2.24, 2.45) is 5.10 Å². The van der Waals surface area contributed by atoms with Crippen LogP contribution in [0.3, 0.4) is 0 Å². The number of nitrogens with zero attached hydrogens (tertiary/aromatic N) is 3. The van der Waals surface area contributed by atoms with Crippen LogP contribution in [0.4, 0.5) is 5.69 Å². The molecule has 0 spiro atoms. The number of hydrogen-bond donors (Lipinski definition) is 1. The zero-order valence-corrected chi connectivity index (χ0v) is 11.6. The van der Waals surface area contributed by atoms with Gasteiger partial charge in [-0.25, -0.2) is 4.98 Å². The molecule has 4 rings (SSSR count). The molecule has 0 aliphatic carbocycles. The number of aromatic nitrogens is 2. The number of rotatable bonds is 2. The van der Waals surface area contributed by atoms with Gasteiger partial charge in [-0.2, -0.15) is 5.10 Å². The topological polar surface area (TPSA) is 44.3 Å². The summed E-state index contributed by atoms with van der Waals surface area (Å²) in [6.45, 7) is 2.18. The van der Waals surface area contributed by atoms with Crippen LogP contribution in [0.25, 0.3) is 11.0 Å². The summed E-state index contributed by atoms with van der Waals surface area (Å²) in [6, 6.07) is 16.3. The minimum atomic E-state index is 0.234. The summed E-state index contributed by atoms with van der Waals surface area (Å²) in [5.74, 6) is 0.236. The molecule has 21 heavy (non-hydrogen) atoms. The SMILES string of the molecule is CC1C(c2ccnc3[nH]ccc23)C=NN1c1c#cccc1. The van der Waals surface area contributed by atoms with Crippen LogP contribution in [-0.2, 0) is 0 Å². The Morgan fingerprint density at radius 2 is 2.24 bits per heavy atom. The van der Waals surface area contributed by atoms with Crippen LogP contribution < -0.4 is 5.01 Å². The summed E-state index contributed by atoms with van der Waals surface area (Å²) >= 11 is 0. The lowest BCUT2D eigenvalue weighted by Crippen LogP contribution is -2.27. The molecule has 1 N–H and O–H groups in total. The van der Waals surface area contributed by atoms with Crippen molar-refractivity contribution >= 4 is 22.9 Å². The standard InChI is InChI=1S/C17H14N4/c1-12-16(11-20-21(12)13-5-3-2-4-6-13)14-7-9-18-17-15(14)8-10-19-17/h2-3,5,7-12,16H,1H3,(H,18,19). The van der Waals surface area contributed by atoms with Gasteiger partial charge in [-0.05, 0) is 42.8 Å². The fourth-order valence-electron chi connectivity index (χ4n) is 2.90. The number of anilines is 1. The maximum atomic E-state index is 4.56. The van der Waals surface area contributed by atoms with Crippen LogP contribution in [0, 0.1) is 12.1 Å². The molecule has 4 nitrogen and oxygen atoms in total. The summed E-state index contributed by atoms with van der Waals surface area (Å²) in [7, 11) is 0. The molecule has 0 bridgehead atoms. The number of fused-ring (bicyclic) bond motifs is 1. The van der Waals surface area contributed by atoms with E-state index in [1.165, 1.54) is 5.56 Å². The molecule has 102 valence electrons. The minimum absolute atomic E-state index is 0.234. The molecule has 0 saturated carbocycles. The number of hydrazone groups is 1. The Bertz CT molecular complexity index is 791. The highest BCUT2D eigenvalue weighted by atomic mass is 15.5. The zero-order chi connectivity index (χ0) is 14.2. The normalized spacial score (nSPS) is 20.9. The van der Waals surface area contributed by atoms with Gasteiger partial charge in [0, 0.05) is 29.9 Å². The summed E-state index contributed by atoms with van der Waals surface area (Å²) < 4.78 is 0. The van der Waals surface area contributed by atoms with Gasteiger partial charge >= 0.3 is 0 Å². The second kappa shape index (κ2) is 4.64. The Labute approximate surface area is 123 Å². The molecule has 1 aliphatic rings. The second-order valence-corrected chi connectivity index (χ2v) is 5.20. The van der Waals surface area contributed by atoms with Gasteiger partial charge in [0.25, 0.3) is 0 Å². The van der Waals surface area contributed by atoms with E-state index in [1.807, 2.05) is 41.8 Å². The summed E-state index contributed by atoms with van der Waals surface area (Å²) in [5.41, 5.74) is 3.12. The van der Waals surface area contributed by atoms with E-state index in [-0.39, 0.29) is 12.0 Å². The Morgan fingerprint density at radius 3 is 3.10 bits per heavy atom. The molecule has 1 aliphatic heterocycles. The van der Waals surface area contributed by atoms with Crippen molar-refractivity contribution in [3.63, 3.8) is 0 Å². The predicted octanol–water partition coefficient (Wildman–Crippen LogP) is 3.14. The first-order chi connectivity index (χ1) is 10.3. The van der Waals surface area contributed by atoms with Crippen LogP contribution in [-0.4, -0.2) is 22.2 Å². The van der Waals surface area contributed by atoms with Gasteiger partial charge in [0.15, 0.2) is 0 Å². The first kappa shape index (κ1) is 12.0. The van der Waals surface area contributed by atoms with E-state index in [0.717, 1.165) is 16.7 Å². The zero-order valence-electron chi connectivity index (χ0n) is 11.6. The Morgan fingerprint density at radius 1 is 1.29 bits per heavy atom. The van der Waals surface area contributed by atoms with Gasteiger partial charge < -0.3 is 4.98 Å². The molecule has 3 heterocycles. The van der Waals surface area contributed by atoms with Crippen molar-refractivity contribution in [1.29, 1.82) is 0 Å². The van der Waals surface area contributed by atoms with Crippen LogP contribution >= 0.6 is 0 Å². The van der Waals surface area contributed by atoms with E-state index in [0.29, 0.717) is 0 Å². The smallest absolute Gasteiger partial charge is 0.137 e. The molecule has 2 aromatic heterocycles. The fraction of sp³-hybridized carbons (Fsp3) is 0.176.